The van der Waals surface area contributed by atoms with Gasteiger partial charge in [-0.3, -0.25) is 5.21 Å². The lowest BCUT2D eigenvalue weighted by atomic mass is 9.96. The Morgan fingerprint density at radius 3 is 2.40 bits per heavy atom. The molecule has 0 aromatic heterocycles. The summed E-state index contributed by atoms with van der Waals surface area (Å²) in [4.78, 5) is 4.18. The Labute approximate surface area is 60.4 Å². The number of hydroxylamine groups is 2. The lowest BCUT2D eigenvalue weighted by Gasteiger charge is -2.25. The SMILES string of the molecule is NON(O)C1CCCCC1. The molecule has 1 rings (SSSR count). The molecule has 1 fully saturated rings. The van der Waals surface area contributed by atoms with E-state index in [9.17, 15) is 0 Å². The molecule has 0 heterocycles. The molecule has 60 valence electrons. The zero-order valence-corrected chi connectivity index (χ0v) is 5.99. The van der Waals surface area contributed by atoms with Gasteiger partial charge in [0, 0.05) is 0 Å². The van der Waals surface area contributed by atoms with Gasteiger partial charge in [0.25, 0.3) is 0 Å². The first-order chi connectivity index (χ1) is 4.84. The van der Waals surface area contributed by atoms with Gasteiger partial charge in [0.2, 0.25) is 0 Å². The third-order valence-corrected chi connectivity index (χ3v) is 2.00. The smallest absolute Gasteiger partial charge is 0.0645 e. The van der Waals surface area contributed by atoms with E-state index in [1.54, 1.807) is 0 Å². The number of rotatable bonds is 2. The second kappa shape index (κ2) is 3.88. The van der Waals surface area contributed by atoms with Gasteiger partial charge in [-0.15, -0.1) is 0 Å². The number of nitrogens with two attached hydrogens (primary N) is 1. The van der Waals surface area contributed by atoms with E-state index < -0.39 is 0 Å². The van der Waals surface area contributed by atoms with Crippen LogP contribution >= 0.6 is 0 Å². The molecule has 0 unspecified atom stereocenters. The van der Waals surface area contributed by atoms with E-state index in [1.807, 2.05) is 0 Å². The topological polar surface area (TPSA) is 58.7 Å². The average molecular weight is 146 g/mol. The molecule has 1 saturated carbocycles. The number of hydrogen-bond donors (Lipinski definition) is 2. The predicted molar refractivity (Wildman–Crippen MR) is 35.8 cm³/mol. The van der Waals surface area contributed by atoms with E-state index in [0.717, 1.165) is 30.9 Å². The van der Waals surface area contributed by atoms with Crippen LogP contribution in [0.1, 0.15) is 32.1 Å². The fourth-order valence-corrected chi connectivity index (χ4v) is 1.39. The zero-order valence-electron chi connectivity index (χ0n) is 5.99. The molecule has 0 bridgehead atoms. The lowest BCUT2D eigenvalue weighted by molar-refractivity contribution is -0.369. The van der Waals surface area contributed by atoms with Gasteiger partial charge in [-0.25, -0.2) is 0 Å². The highest BCUT2D eigenvalue weighted by Gasteiger charge is 2.19. The minimum absolute atomic E-state index is 0.110. The lowest BCUT2D eigenvalue weighted by Crippen LogP contribution is -2.36. The van der Waals surface area contributed by atoms with E-state index in [1.165, 1.54) is 6.42 Å². The van der Waals surface area contributed by atoms with Crippen molar-refractivity contribution in [1.29, 1.82) is 0 Å². The van der Waals surface area contributed by atoms with Crippen molar-refractivity contribution in [2.75, 3.05) is 0 Å². The van der Waals surface area contributed by atoms with Gasteiger partial charge in [-0.05, 0) is 18.1 Å². The van der Waals surface area contributed by atoms with Gasteiger partial charge in [-0.2, -0.15) is 10.8 Å². The Kier molecular flexibility index (Phi) is 3.08. The second-order valence-corrected chi connectivity index (χ2v) is 2.70. The highest BCUT2D eigenvalue weighted by atomic mass is 16.9. The van der Waals surface area contributed by atoms with Crippen LogP contribution in [-0.2, 0) is 4.94 Å². The quantitative estimate of drug-likeness (QED) is 0.566. The van der Waals surface area contributed by atoms with Crippen molar-refractivity contribution in [3.8, 4) is 0 Å². The molecule has 3 N–H and O–H groups in total. The van der Waals surface area contributed by atoms with E-state index in [-0.39, 0.29) is 6.04 Å². The molecule has 0 radical (unpaired) electrons. The molecule has 1 aliphatic rings. The molecule has 0 aromatic rings. The predicted octanol–water partition coefficient (Wildman–Crippen LogP) is 0.816. The van der Waals surface area contributed by atoms with Crippen LogP contribution in [0.5, 0.6) is 0 Å². The Morgan fingerprint density at radius 2 is 1.90 bits per heavy atom. The Bertz CT molecular complexity index is 93.7. The first-order valence-corrected chi connectivity index (χ1v) is 3.69. The number of hydrogen-bond acceptors (Lipinski definition) is 4. The van der Waals surface area contributed by atoms with Crippen LogP contribution < -0.4 is 5.90 Å². The summed E-state index contributed by atoms with van der Waals surface area (Å²) in [5, 5.41) is 9.73. The van der Waals surface area contributed by atoms with Crippen LogP contribution in [0, 0.1) is 0 Å². The van der Waals surface area contributed by atoms with Crippen molar-refractivity contribution in [3.05, 3.63) is 0 Å². The van der Waals surface area contributed by atoms with Gasteiger partial charge >= 0.3 is 0 Å². The number of nitrogens with zero attached hydrogens (tertiary/aromatic N) is 1. The van der Waals surface area contributed by atoms with Crippen LogP contribution in [0.4, 0.5) is 0 Å². The first-order valence-electron chi connectivity index (χ1n) is 3.69. The van der Waals surface area contributed by atoms with Gasteiger partial charge in [-0.1, -0.05) is 19.3 Å². The average Bonchev–Trinajstić information content (AvgIpc) is 2.05. The van der Waals surface area contributed by atoms with E-state index in [2.05, 4.69) is 4.94 Å². The van der Waals surface area contributed by atoms with Gasteiger partial charge in [0.1, 0.15) is 0 Å². The fourth-order valence-electron chi connectivity index (χ4n) is 1.39. The van der Waals surface area contributed by atoms with E-state index >= 15 is 0 Å². The normalized spacial score (nSPS) is 21.9. The van der Waals surface area contributed by atoms with Crippen LogP contribution in [0.25, 0.3) is 0 Å². The van der Waals surface area contributed by atoms with Crippen LogP contribution in [0.2, 0.25) is 0 Å². The van der Waals surface area contributed by atoms with Crippen molar-refractivity contribution < 1.29 is 10.1 Å². The third kappa shape index (κ3) is 1.91. The highest BCUT2D eigenvalue weighted by molar-refractivity contribution is 4.67. The summed E-state index contributed by atoms with van der Waals surface area (Å²) >= 11 is 0. The summed E-state index contributed by atoms with van der Waals surface area (Å²) in [5.74, 6) is 4.78. The summed E-state index contributed by atoms with van der Waals surface area (Å²) in [6.45, 7) is 0. The summed E-state index contributed by atoms with van der Waals surface area (Å²) in [7, 11) is 0. The molecular weight excluding hydrogens is 132 g/mol. The molecule has 4 heteroatoms. The summed E-state index contributed by atoms with van der Waals surface area (Å²) in [6.07, 6.45) is 5.53. The molecule has 0 aromatic carbocycles. The van der Waals surface area contributed by atoms with E-state index in [4.69, 9.17) is 11.1 Å². The largest absolute Gasteiger partial charge is 0.288 e. The molecule has 1 aliphatic carbocycles. The maximum absolute atomic E-state index is 8.97. The Morgan fingerprint density at radius 1 is 1.30 bits per heavy atom. The van der Waals surface area contributed by atoms with Gasteiger partial charge in [0.05, 0.1) is 6.04 Å². The molecule has 0 saturated heterocycles. The van der Waals surface area contributed by atoms with Crippen molar-refractivity contribution in [2.45, 2.75) is 38.1 Å². The second-order valence-electron chi connectivity index (χ2n) is 2.70. The van der Waals surface area contributed by atoms with Crippen LogP contribution in [-0.4, -0.2) is 16.5 Å². The van der Waals surface area contributed by atoms with Crippen LogP contribution in [0.3, 0.4) is 0 Å². The van der Waals surface area contributed by atoms with Crippen molar-refractivity contribution in [1.82, 2.24) is 5.23 Å². The molecule has 0 atom stereocenters. The van der Waals surface area contributed by atoms with Gasteiger partial charge in [0.15, 0.2) is 0 Å². The van der Waals surface area contributed by atoms with Crippen molar-refractivity contribution in [3.63, 3.8) is 0 Å². The monoisotopic (exact) mass is 146 g/mol. The first kappa shape index (κ1) is 7.94. The summed E-state index contributed by atoms with van der Waals surface area (Å²) in [5.41, 5.74) is 0. The molecule has 0 aliphatic heterocycles. The Balaban J connectivity index is 2.24. The minimum Gasteiger partial charge on any atom is -0.288 e. The fraction of sp³-hybridized carbons (Fsp3) is 1.00. The molecule has 0 spiro atoms. The van der Waals surface area contributed by atoms with E-state index in [0.29, 0.717) is 0 Å². The maximum atomic E-state index is 8.97. The molecule has 10 heavy (non-hydrogen) atoms. The van der Waals surface area contributed by atoms with Crippen molar-refractivity contribution in [2.24, 2.45) is 5.90 Å². The zero-order chi connectivity index (χ0) is 7.40. The van der Waals surface area contributed by atoms with Gasteiger partial charge < -0.3 is 0 Å². The molecule has 4 nitrogen and oxygen atoms in total. The van der Waals surface area contributed by atoms with Crippen LogP contribution in [0.15, 0.2) is 0 Å². The molecule has 0 amide bonds. The summed E-state index contributed by atoms with van der Waals surface area (Å²) in [6, 6.07) is 0.110. The third-order valence-electron chi connectivity index (χ3n) is 2.00. The Hall–Kier alpha value is -0.160. The van der Waals surface area contributed by atoms with Crippen molar-refractivity contribution >= 4 is 0 Å². The highest BCUT2D eigenvalue weighted by Crippen LogP contribution is 2.20. The molecular formula is C6H14N2O2. The standard InChI is InChI=1S/C6H14N2O2/c7-10-8(9)6-4-2-1-3-5-6/h6,9H,1-5,7H2. The maximum Gasteiger partial charge on any atom is 0.0645 e. The minimum atomic E-state index is 0.110. The summed E-state index contributed by atoms with van der Waals surface area (Å²) < 4.78 is 0.